The molecule has 3 rings (SSSR count). The zero-order chi connectivity index (χ0) is 19.4. The summed E-state index contributed by atoms with van der Waals surface area (Å²) in [6, 6.07) is 8.17. The van der Waals surface area contributed by atoms with E-state index in [0.717, 1.165) is 10.2 Å². The van der Waals surface area contributed by atoms with Crippen molar-refractivity contribution in [2.45, 2.75) is 19.5 Å². The second kappa shape index (κ2) is 7.81. The number of nitrogens with one attached hydrogen (secondary N) is 1. The van der Waals surface area contributed by atoms with Crippen molar-refractivity contribution < 1.29 is 23.1 Å². The Kier molecular flexibility index (Phi) is 5.30. The van der Waals surface area contributed by atoms with Crippen molar-refractivity contribution in [1.29, 1.82) is 0 Å². The third kappa shape index (κ3) is 4.02. The highest BCUT2D eigenvalue weighted by Crippen LogP contribution is 2.29. The van der Waals surface area contributed by atoms with Crippen LogP contribution >= 0.6 is 0 Å². The van der Waals surface area contributed by atoms with Crippen LogP contribution in [0.25, 0.3) is 11.7 Å². The molecule has 0 aliphatic carbocycles. The molecule has 0 spiro atoms. The van der Waals surface area contributed by atoms with Gasteiger partial charge in [-0.05, 0) is 37.3 Å². The van der Waals surface area contributed by atoms with E-state index < -0.39 is 11.7 Å². The third-order valence-corrected chi connectivity index (χ3v) is 3.91. The van der Waals surface area contributed by atoms with Crippen LogP contribution in [0.15, 0.2) is 50.2 Å². The minimum absolute atomic E-state index is 0.0142. The number of carbonyl (C=O) groups is 1. The van der Waals surface area contributed by atoms with E-state index in [9.17, 15) is 9.59 Å². The number of benzene rings is 1. The van der Waals surface area contributed by atoms with Crippen LogP contribution in [-0.4, -0.2) is 29.9 Å². The molecule has 1 aromatic carbocycles. The fourth-order valence-corrected chi connectivity index (χ4v) is 2.58. The molecule has 1 unspecified atom stereocenters. The quantitative estimate of drug-likeness (QED) is 0.674. The Bertz CT molecular complexity index is 973. The molecule has 0 aliphatic heterocycles. The van der Waals surface area contributed by atoms with Gasteiger partial charge in [0.25, 0.3) is 5.89 Å². The zero-order valence-corrected chi connectivity index (χ0v) is 15.1. The smallest absolute Gasteiger partial charge is 0.437 e. The third-order valence-electron chi connectivity index (χ3n) is 3.91. The van der Waals surface area contributed by atoms with Gasteiger partial charge in [0.1, 0.15) is 18.0 Å². The van der Waals surface area contributed by atoms with Crippen LogP contribution in [0, 0.1) is 0 Å². The summed E-state index contributed by atoms with van der Waals surface area (Å²) in [7, 11) is 3.10. The fraction of sp³-hybridized carbons (Fsp3) is 0.278. The number of furan rings is 1. The van der Waals surface area contributed by atoms with Crippen molar-refractivity contribution in [3.8, 4) is 23.1 Å². The molecule has 1 amide bonds. The fourth-order valence-electron chi connectivity index (χ4n) is 2.58. The van der Waals surface area contributed by atoms with E-state index >= 15 is 0 Å². The number of methoxy groups -OCH3 is 2. The number of hydrogen-bond donors (Lipinski definition) is 1. The van der Waals surface area contributed by atoms with Gasteiger partial charge in [0.15, 0.2) is 5.76 Å². The van der Waals surface area contributed by atoms with Crippen molar-refractivity contribution in [3.05, 3.63) is 52.7 Å². The van der Waals surface area contributed by atoms with E-state index in [0.29, 0.717) is 17.3 Å². The SMILES string of the molecule is COc1ccc(OC)c(C(C)NC(=O)Cn2nc(-c3ccco3)oc2=O)c1. The predicted molar refractivity (Wildman–Crippen MR) is 94.6 cm³/mol. The molecule has 0 fully saturated rings. The molecule has 27 heavy (non-hydrogen) atoms. The van der Waals surface area contributed by atoms with Crippen LogP contribution in [0.1, 0.15) is 18.5 Å². The topological polar surface area (TPSA) is 109 Å². The Balaban J connectivity index is 1.72. The van der Waals surface area contributed by atoms with Gasteiger partial charge in [0.2, 0.25) is 5.91 Å². The number of ether oxygens (including phenoxy) is 2. The average Bonchev–Trinajstić information content (AvgIpc) is 3.31. The van der Waals surface area contributed by atoms with Gasteiger partial charge >= 0.3 is 5.76 Å². The van der Waals surface area contributed by atoms with Crippen molar-refractivity contribution >= 4 is 5.91 Å². The number of amides is 1. The van der Waals surface area contributed by atoms with Crippen molar-refractivity contribution in [2.75, 3.05) is 14.2 Å². The molecule has 0 saturated carbocycles. The lowest BCUT2D eigenvalue weighted by Gasteiger charge is -2.18. The Labute approximate surface area is 154 Å². The first-order valence-electron chi connectivity index (χ1n) is 8.15. The van der Waals surface area contributed by atoms with Crippen LogP contribution < -0.4 is 20.5 Å². The number of aromatic nitrogens is 2. The number of rotatable bonds is 7. The van der Waals surface area contributed by atoms with Gasteiger partial charge < -0.3 is 23.6 Å². The van der Waals surface area contributed by atoms with Crippen LogP contribution in [0.3, 0.4) is 0 Å². The summed E-state index contributed by atoms with van der Waals surface area (Å²) in [5.74, 6) is 0.419. The van der Waals surface area contributed by atoms with Gasteiger partial charge in [-0.2, -0.15) is 4.68 Å². The second-order valence-electron chi connectivity index (χ2n) is 5.71. The number of carbonyl (C=O) groups excluding carboxylic acids is 1. The van der Waals surface area contributed by atoms with E-state index in [1.807, 2.05) is 0 Å². The molecular formula is C18H19N3O6. The minimum atomic E-state index is -0.747. The van der Waals surface area contributed by atoms with Crippen LogP contribution in [0.4, 0.5) is 0 Å². The lowest BCUT2D eigenvalue weighted by Crippen LogP contribution is -2.33. The van der Waals surface area contributed by atoms with E-state index in [1.165, 1.54) is 6.26 Å². The first-order valence-corrected chi connectivity index (χ1v) is 8.15. The van der Waals surface area contributed by atoms with Crippen molar-refractivity contribution in [3.63, 3.8) is 0 Å². The Morgan fingerprint density at radius 2 is 2.11 bits per heavy atom. The predicted octanol–water partition coefficient (Wildman–Crippen LogP) is 1.99. The van der Waals surface area contributed by atoms with Gasteiger partial charge in [-0.1, -0.05) is 0 Å². The second-order valence-corrected chi connectivity index (χ2v) is 5.71. The highest BCUT2D eigenvalue weighted by atomic mass is 16.5. The largest absolute Gasteiger partial charge is 0.497 e. The first-order chi connectivity index (χ1) is 13.0. The van der Waals surface area contributed by atoms with E-state index in [2.05, 4.69) is 10.4 Å². The highest BCUT2D eigenvalue weighted by molar-refractivity contribution is 5.76. The van der Waals surface area contributed by atoms with Gasteiger partial charge in [-0.25, -0.2) is 4.79 Å². The number of nitrogens with zero attached hydrogens (tertiary/aromatic N) is 2. The van der Waals surface area contributed by atoms with E-state index in [1.54, 1.807) is 51.5 Å². The van der Waals surface area contributed by atoms with Gasteiger partial charge in [-0.15, -0.1) is 5.10 Å². The number of hydrogen-bond acceptors (Lipinski definition) is 7. The van der Waals surface area contributed by atoms with Crippen LogP contribution in [-0.2, 0) is 11.3 Å². The average molecular weight is 373 g/mol. The van der Waals surface area contributed by atoms with Crippen molar-refractivity contribution in [2.24, 2.45) is 0 Å². The minimum Gasteiger partial charge on any atom is -0.497 e. The van der Waals surface area contributed by atoms with E-state index in [4.69, 9.17) is 18.3 Å². The standard InChI is InChI=1S/C18H19N3O6/c1-11(13-9-12(24-2)6-7-14(13)25-3)19-16(22)10-21-18(23)27-17(20-21)15-5-4-8-26-15/h4-9,11H,10H2,1-3H3,(H,19,22). The maximum atomic E-state index is 12.4. The summed E-state index contributed by atoms with van der Waals surface area (Å²) in [4.78, 5) is 24.2. The van der Waals surface area contributed by atoms with Crippen LogP contribution in [0.2, 0.25) is 0 Å². The Morgan fingerprint density at radius 1 is 1.30 bits per heavy atom. The zero-order valence-electron chi connectivity index (χ0n) is 15.1. The summed E-state index contributed by atoms with van der Waals surface area (Å²) in [6.45, 7) is 1.51. The molecule has 2 aromatic heterocycles. The summed E-state index contributed by atoms with van der Waals surface area (Å²) >= 11 is 0. The highest BCUT2D eigenvalue weighted by Gasteiger charge is 2.18. The van der Waals surface area contributed by atoms with Crippen LogP contribution in [0.5, 0.6) is 11.5 Å². The molecule has 0 radical (unpaired) electrons. The maximum Gasteiger partial charge on any atom is 0.437 e. The molecule has 0 saturated heterocycles. The summed E-state index contributed by atoms with van der Waals surface area (Å²) in [6.07, 6.45) is 1.43. The molecule has 1 N–H and O–H groups in total. The maximum absolute atomic E-state index is 12.4. The lowest BCUT2D eigenvalue weighted by molar-refractivity contribution is -0.122. The van der Waals surface area contributed by atoms with Gasteiger partial charge in [0, 0.05) is 5.56 Å². The van der Waals surface area contributed by atoms with E-state index in [-0.39, 0.29) is 18.5 Å². The molecule has 142 valence electrons. The Hall–Kier alpha value is -3.49. The summed E-state index contributed by atoms with van der Waals surface area (Å²) in [5, 5.41) is 6.77. The molecule has 3 aromatic rings. The Morgan fingerprint density at radius 3 is 2.78 bits per heavy atom. The molecule has 0 bridgehead atoms. The summed E-state index contributed by atoms with van der Waals surface area (Å²) < 4.78 is 21.6. The lowest BCUT2D eigenvalue weighted by atomic mass is 10.1. The molecule has 9 nitrogen and oxygen atoms in total. The molecular weight excluding hydrogens is 354 g/mol. The van der Waals surface area contributed by atoms with Crippen molar-refractivity contribution in [1.82, 2.24) is 15.1 Å². The molecule has 1 atom stereocenters. The summed E-state index contributed by atoms with van der Waals surface area (Å²) in [5.41, 5.74) is 0.744. The molecule has 9 heteroatoms. The van der Waals surface area contributed by atoms with Gasteiger partial charge in [0.05, 0.1) is 26.5 Å². The van der Waals surface area contributed by atoms with Gasteiger partial charge in [-0.3, -0.25) is 4.79 Å². The molecule has 0 aliphatic rings. The first kappa shape index (κ1) is 18.3. The molecule has 2 heterocycles. The monoisotopic (exact) mass is 373 g/mol. The normalized spacial score (nSPS) is 11.8.